The highest BCUT2D eigenvalue weighted by Crippen LogP contribution is 2.23. The zero-order valence-corrected chi connectivity index (χ0v) is 13.0. The van der Waals surface area contributed by atoms with Crippen LogP contribution in [0.2, 0.25) is 5.02 Å². The van der Waals surface area contributed by atoms with Crippen LogP contribution in [0, 0.1) is 0 Å². The number of anilines is 2. The first-order valence-electron chi connectivity index (χ1n) is 7.16. The van der Waals surface area contributed by atoms with E-state index in [9.17, 15) is 9.59 Å². The number of rotatable bonds is 3. The van der Waals surface area contributed by atoms with Crippen LogP contribution in [0.5, 0.6) is 0 Å². The lowest BCUT2D eigenvalue weighted by atomic mass is 10.2. The fourth-order valence-electron chi connectivity index (χ4n) is 2.45. The smallest absolute Gasteiger partial charge is 0.320 e. The van der Waals surface area contributed by atoms with Crippen LogP contribution in [0.25, 0.3) is 0 Å². The van der Waals surface area contributed by atoms with Crippen LogP contribution < -0.4 is 15.5 Å². The molecule has 3 amide bonds. The molecule has 0 saturated carbocycles. The van der Waals surface area contributed by atoms with Crippen molar-refractivity contribution in [3.8, 4) is 0 Å². The summed E-state index contributed by atoms with van der Waals surface area (Å²) in [5, 5.41) is 6.04. The molecule has 7 heteroatoms. The van der Waals surface area contributed by atoms with Crippen LogP contribution in [-0.4, -0.2) is 29.5 Å². The standard InChI is InChI=1S/C16H15ClN4O2/c17-11-4-6-13(7-5-11)21-10-12(9-15(21)22)19-16(23)20-14-3-1-2-8-18-14/h1-8,12H,9-10H2,(H2,18,19,20,23). The number of carbonyl (C=O) groups excluding carboxylic acids is 2. The van der Waals surface area contributed by atoms with E-state index in [0.717, 1.165) is 5.69 Å². The Morgan fingerprint density at radius 2 is 2.00 bits per heavy atom. The molecule has 1 aromatic heterocycles. The monoisotopic (exact) mass is 330 g/mol. The highest BCUT2D eigenvalue weighted by Gasteiger charge is 2.31. The largest absolute Gasteiger partial charge is 0.333 e. The fourth-order valence-corrected chi connectivity index (χ4v) is 2.58. The van der Waals surface area contributed by atoms with Crippen LogP contribution >= 0.6 is 11.6 Å². The van der Waals surface area contributed by atoms with Crippen LogP contribution in [0.4, 0.5) is 16.3 Å². The summed E-state index contributed by atoms with van der Waals surface area (Å²) in [6.07, 6.45) is 1.86. The van der Waals surface area contributed by atoms with Crippen molar-refractivity contribution in [2.45, 2.75) is 12.5 Å². The lowest BCUT2D eigenvalue weighted by Gasteiger charge is -2.17. The van der Waals surface area contributed by atoms with Gasteiger partial charge < -0.3 is 10.2 Å². The second-order valence-electron chi connectivity index (χ2n) is 5.20. The first-order valence-corrected chi connectivity index (χ1v) is 7.54. The Kier molecular flexibility index (Phi) is 4.43. The molecule has 2 N–H and O–H groups in total. The van der Waals surface area contributed by atoms with Crippen molar-refractivity contribution in [3.05, 3.63) is 53.7 Å². The summed E-state index contributed by atoms with van der Waals surface area (Å²) in [5.74, 6) is 0.430. The summed E-state index contributed by atoms with van der Waals surface area (Å²) in [4.78, 5) is 29.7. The maximum absolute atomic E-state index is 12.1. The molecule has 118 valence electrons. The molecule has 0 radical (unpaired) electrons. The van der Waals surface area contributed by atoms with Gasteiger partial charge in [-0.05, 0) is 36.4 Å². The van der Waals surface area contributed by atoms with Crippen molar-refractivity contribution in [2.75, 3.05) is 16.8 Å². The summed E-state index contributed by atoms with van der Waals surface area (Å²) in [5.41, 5.74) is 0.772. The Balaban J connectivity index is 1.59. The minimum Gasteiger partial charge on any atom is -0.333 e. The lowest BCUT2D eigenvalue weighted by Crippen LogP contribution is -2.39. The molecule has 1 aliphatic rings. The van der Waals surface area contributed by atoms with E-state index in [1.165, 1.54) is 0 Å². The molecule has 1 atom stereocenters. The predicted octanol–water partition coefficient (Wildman–Crippen LogP) is 2.66. The van der Waals surface area contributed by atoms with Gasteiger partial charge in [0.2, 0.25) is 5.91 Å². The highest BCUT2D eigenvalue weighted by atomic mass is 35.5. The normalized spacial score (nSPS) is 17.2. The summed E-state index contributed by atoms with van der Waals surface area (Å²) in [7, 11) is 0. The van der Waals surface area contributed by atoms with Gasteiger partial charge in [-0.1, -0.05) is 17.7 Å². The second-order valence-corrected chi connectivity index (χ2v) is 5.63. The summed E-state index contributed by atoms with van der Waals surface area (Å²) in [6, 6.07) is 11.7. The number of hydrogen-bond donors (Lipinski definition) is 2. The number of pyridine rings is 1. The number of carbonyl (C=O) groups is 2. The average molecular weight is 331 g/mol. The number of hydrogen-bond acceptors (Lipinski definition) is 3. The van der Waals surface area contributed by atoms with E-state index in [2.05, 4.69) is 15.6 Å². The van der Waals surface area contributed by atoms with Crippen LogP contribution in [-0.2, 0) is 4.79 Å². The Labute approximate surface area is 138 Å². The third-order valence-electron chi connectivity index (χ3n) is 3.51. The average Bonchev–Trinajstić information content (AvgIpc) is 2.89. The molecule has 1 aromatic carbocycles. The van der Waals surface area contributed by atoms with Gasteiger partial charge in [0.1, 0.15) is 5.82 Å². The first kappa shape index (κ1) is 15.3. The van der Waals surface area contributed by atoms with Gasteiger partial charge in [0.25, 0.3) is 0 Å². The van der Waals surface area contributed by atoms with Gasteiger partial charge >= 0.3 is 6.03 Å². The van der Waals surface area contributed by atoms with Crippen molar-refractivity contribution in [3.63, 3.8) is 0 Å². The molecule has 3 rings (SSSR count). The van der Waals surface area contributed by atoms with E-state index >= 15 is 0 Å². The molecule has 23 heavy (non-hydrogen) atoms. The van der Waals surface area contributed by atoms with Gasteiger partial charge in [0.05, 0.1) is 6.04 Å². The predicted molar refractivity (Wildman–Crippen MR) is 88.6 cm³/mol. The van der Waals surface area contributed by atoms with E-state index in [-0.39, 0.29) is 24.4 Å². The molecule has 2 heterocycles. The summed E-state index contributed by atoms with van der Waals surface area (Å²) < 4.78 is 0. The first-order chi connectivity index (χ1) is 11.1. The minimum atomic E-state index is -0.376. The van der Waals surface area contributed by atoms with Crippen molar-refractivity contribution in [1.29, 1.82) is 0 Å². The molecule has 0 aliphatic carbocycles. The molecule has 0 bridgehead atoms. The van der Waals surface area contributed by atoms with Crippen LogP contribution in [0.3, 0.4) is 0 Å². The van der Waals surface area contributed by atoms with Gasteiger partial charge in [-0.25, -0.2) is 9.78 Å². The zero-order valence-electron chi connectivity index (χ0n) is 12.2. The van der Waals surface area contributed by atoms with Gasteiger partial charge in [-0.2, -0.15) is 0 Å². The molecular formula is C16H15ClN4O2. The van der Waals surface area contributed by atoms with Crippen molar-refractivity contribution < 1.29 is 9.59 Å². The molecule has 6 nitrogen and oxygen atoms in total. The molecule has 0 spiro atoms. The number of amides is 3. The van der Waals surface area contributed by atoms with Gasteiger partial charge in [-0.15, -0.1) is 0 Å². The van der Waals surface area contributed by atoms with E-state index < -0.39 is 0 Å². The van der Waals surface area contributed by atoms with Gasteiger partial charge in [0.15, 0.2) is 0 Å². The van der Waals surface area contributed by atoms with E-state index in [1.807, 2.05) is 0 Å². The number of urea groups is 1. The van der Waals surface area contributed by atoms with Gasteiger partial charge in [0, 0.05) is 29.9 Å². The van der Waals surface area contributed by atoms with Crippen molar-refractivity contribution in [2.24, 2.45) is 0 Å². The second kappa shape index (κ2) is 6.66. The maximum atomic E-state index is 12.1. The van der Waals surface area contributed by atoms with E-state index in [1.54, 1.807) is 53.6 Å². The number of halogens is 1. The third-order valence-corrected chi connectivity index (χ3v) is 3.76. The van der Waals surface area contributed by atoms with Crippen LogP contribution in [0.1, 0.15) is 6.42 Å². The Bertz CT molecular complexity index is 706. The molecule has 2 aromatic rings. The number of nitrogens with one attached hydrogen (secondary N) is 2. The summed E-state index contributed by atoms with van der Waals surface area (Å²) >= 11 is 5.85. The minimum absolute atomic E-state index is 0.0320. The molecule has 1 aliphatic heterocycles. The third kappa shape index (κ3) is 3.78. The highest BCUT2D eigenvalue weighted by molar-refractivity contribution is 6.30. The molecular weight excluding hydrogens is 316 g/mol. The molecule has 1 saturated heterocycles. The Morgan fingerprint density at radius 3 is 2.70 bits per heavy atom. The van der Waals surface area contributed by atoms with E-state index in [4.69, 9.17) is 11.6 Å². The SMILES string of the molecule is O=C(Nc1ccccn1)NC1CC(=O)N(c2ccc(Cl)cc2)C1. The fraction of sp³-hybridized carbons (Fsp3) is 0.188. The summed E-state index contributed by atoms with van der Waals surface area (Å²) in [6.45, 7) is 0.427. The molecule has 1 fully saturated rings. The molecule has 1 unspecified atom stereocenters. The number of nitrogens with zero attached hydrogens (tertiary/aromatic N) is 2. The zero-order chi connectivity index (χ0) is 16.2. The van der Waals surface area contributed by atoms with E-state index in [0.29, 0.717) is 17.4 Å². The Hall–Kier alpha value is -2.60. The van der Waals surface area contributed by atoms with Crippen molar-refractivity contribution in [1.82, 2.24) is 10.3 Å². The lowest BCUT2D eigenvalue weighted by molar-refractivity contribution is -0.117. The number of benzene rings is 1. The Morgan fingerprint density at radius 1 is 1.22 bits per heavy atom. The van der Waals surface area contributed by atoms with Gasteiger partial charge in [-0.3, -0.25) is 10.1 Å². The van der Waals surface area contributed by atoms with Crippen LogP contribution in [0.15, 0.2) is 48.7 Å². The number of aromatic nitrogens is 1. The maximum Gasteiger partial charge on any atom is 0.320 e. The topological polar surface area (TPSA) is 74.3 Å². The quantitative estimate of drug-likeness (QED) is 0.908. The van der Waals surface area contributed by atoms with Crippen molar-refractivity contribution >= 4 is 35.0 Å².